The zero-order valence-electron chi connectivity index (χ0n) is 18.5. The molecule has 9 nitrogen and oxygen atoms in total. The van der Waals surface area contributed by atoms with Crippen molar-refractivity contribution >= 4 is 23.6 Å². The molecule has 0 fully saturated rings. The maximum Gasteiger partial charge on any atom is 0.243 e. The molecule has 172 valence electrons. The van der Waals surface area contributed by atoms with Crippen LogP contribution in [-0.4, -0.2) is 48.3 Å². The number of primary amides is 1. The molecule has 4 amide bonds. The van der Waals surface area contributed by atoms with Gasteiger partial charge in [0.15, 0.2) is 0 Å². The Labute approximate surface area is 183 Å². The number of carbonyl (C=O) groups excluding carboxylic acids is 4. The van der Waals surface area contributed by atoms with E-state index in [2.05, 4.69) is 16.0 Å². The number of hydrogen-bond donors (Lipinski definition) is 5. The Balaban J connectivity index is 3.03. The molecule has 31 heavy (non-hydrogen) atoms. The van der Waals surface area contributed by atoms with Crippen LogP contribution in [0.1, 0.15) is 45.6 Å². The van der Waals surface area contributed by atoms with Gasteiger partial charge in [-0.1, -0.05) is 44.2 Å². The molecule has 0 aliphatic carbocycles. The maximum atomic E-state index is 13.0. The first-order valence-electron chi connectivity index (χ1n) is 10.5. The molecule has 0 bridgehead atoms. The lowest BCUT2D eigenvalue weighted by atomic mass is 10.0. The fourth-order valence-electron chi connectivity index (χ4n) is 3.16. The van der Waals surface area contributed by atoms with E-state index in [9.17, 15) is 19.2 Å². The standard InChI is InChI=1S/C22H35N5O4/c1-14(2)12-18(20(24)29)26-22(31)19(13-16-8-5-4-6-9-16)27-21(30)17(10-7-11-23)25-15(3)28/h4-6,8-9,14,17-19H,7,10-13,23H2,1-3H3,(H2,24,29)(H,25,28)(H,26,31)(H,27,30). The van der Waals surface area contributed by atoms with Gasteiger partial charge >= 0.3 is 0 Å². The van der Waals surface area contributed by atoms with Crippen molar-refractivity contribution in [3.63, 3.8) is 0 Å². The van der Waals surface area contributed by atoms with Gasteiger partial charge in [-0.3, -0.25) is 19.2 Å². The van der Waals surface area contributed by atoms with Gasteiger partial charge in [0.1, 0.15) is 18.1 Å². The van der Waals surface area contributed by atoms with Crippen LogP contribution in [0.5, 0.6) is 0 Å². The van der Waals surface area contributed by atoms with Crippen LogP contribution in [0, 0.1) is 5.92 Å². The normalized spacial score (nSPS) is 13.7. The van der Waals surface area contributed by atoms with Crippen molar-refractivity contribution in [1.29, 1.82) is 0 Å². The predicted molar refractivity (Wildman–Crippen MR) is 119 cm³/mol. The van der Waals surface area contributed by atoms with Crippen LogP contribution in [0.15, 0.2) is 30.3 Å². The summed E-state index contributed by atoms with van der Waals surface area (Å²) in [6.07, 6.45) is 1.48. The third-order valence-electron chi connectivity index (χ3n) is 4.67. The van der Waals surface area contributed by atoms with Gasteiger partial charge in [-0.05, 0) is 37.3 Å². The molecule has 0 heterocycles. The Morgan fingerprint density at radius 3 is 2.00 bits per heavy atom. The van der Waals surface area contributed by atoms with E-state index < -0.39 is 35.8 Å². The quantitative estimate of drug-likeness (QED) is 0.295. The molecule has 1 rings (SSSR count). The van der Waals surface area contributed by atoms with Crippen LogP contribution in [-0.2, 0) is 25.6 Å². The van der Waals surface area contributed by atoms with E-state index in [0.29, 0.717) is 25.8 Å². The highest BCUT2D eigenvalue weighted by atomic mass is 16.2. The molecule has 0 aromatic heterocycles. The Morgan fingerprint density at radius 1 is 0.903 bits per heavy atom. The molecule has 0 aliphatic heterocycles. The average molecular weight is 434 g/mol. The Morgan fingerprint density at radius 2 is 1.48 bits per heavy atom. The molecular formula is C22H35N5O4. The Hall–Kier alpha value is -2.94. The zero-order chi connectivity index (χ0) is 23.4. The monoisotopic (exact) mass is 433 g/mol. The number of nitrogens with one attached hydrogen (secondary N) is 3. The molecule has 3 unspecified atom stereocenters. The molecule has 0 spiro atoms. The summed E-state index contributed by atoms with van der Waals surface area (Å²) in [6.45, 7) is 5.52. The zero-order valence-corrected chi connectivity index (χ0v) is 18.5. The van der Waals surface area contributed by atoms with Gasteiger partial charge in [-0.25, -0.2) is 0 Å². The van der Waals surface area contributed by atoms with Gasteiger partial charge < -0.3 is 27.4 Å². The van der Waals surface area contributed by atoms with Gasteiger partial charge in [0.05, 0.1) is 0 Å². The van der Waals surface area contributed by atoms with E-state index in [4.69, 9.17) is 11.5 Å². The van der Waals surface area contributed by atoms with E-state index in [-0.39, 0.29) is 18.2 Å². The van der Waals surface area contributed by atoms with Gasteiger partial charge in [-0.2, -0.15) is 0 Å². The van der Waals surface area contributed by atoms with E-state index in [1.807, 2.05) is 44.2 Å². The van der Waals surface area contributed by atoms with Crippen LogP contribution >= 0.6 is 0 Å². The first-order chi connectivity index (χ1) is 14.6. The van der Waals surface area contributed by atoms with Crippen molar-refractivity contribution < 1.29 is 19.2 Å². The minimum atomic E-state index is -0.946. The number of hydrogen-bond acceptors (Lipinski definition) is 5. The number of amides is 4. The number of benzene rings is 1. The van der Waals surface area contributed by atoms with Crippen molar-refractivity contribution in [3.8, 4) is 0 Å². The highest BCUT2D eigenvalue weighted by Crippen LogP contribution is 2.08. The lowest BCUT2D eigenvalue weighted by Crippen LogP contribution is -2.57. The first-order valence-corrected chi connectivity index (χ1v) is 10.5. The van der Waals surface area contributed by atoms with Gasteiger partial charge in [0, 0.05) is 13.3 Å². The van der Waals surface area contributed by atoms with Crippen molar-refractivity contribution in [2.24, 2.45) is 17.4 Å². The number of nitrogens with two attached hydrogens (primary N) is 2. The SMILES string of the molecule is CC(=O)NC(CCCN)C(=O)NC(Cc1ccccc1)C(=O)NC(CC(C)C)C(N)=O. The topological polar surface area (TPSA) is 156 Å². The summed E-state index contributed by atoms with van der Waals surface area (Å²) in [7, 11) is 0. The second kappa shape index (κ2) is 13.4. The van der Waals surface area contributed by atoms with Gasteiger partial charge in [0.2, 0.25) is 23.6 Å². The van der Waals surface area contributed by atoms with Crippen molar-refractivity contribution in [2.45, 2.75) is 64.6 Å². The summed E-state index contributed by atoms with van der Waals surface area (Å²) in [5, 5.41) is 7.97. The number of rotatable bonds is 13. The van der Waals surface area contributed by atoms with Crippen LogP contribution in [0.25, 0.3) is 0 Å². The summed E-state index contributed by atoms with van der Waals surface area (Å²) in [4.78, 5) is 49.1. The minimum absolute atomic E-state index is 0.139. The fourth-order valence-corrected chi connectivity index (χ4v) is 3.16. The fraction of sp³-hybridized carbons (Fsp3) is 0.545. The minimum Gasteiger partial charge on any atom is -0.368 e. The second-order valence-electron chi connectivity index (χ2n) is 8.03. The number of carbonyl (C=O) groups is 4. The maximum absolute atomic E-state index is 13.0. The third kappa shape index (κ3) is 10.1. The molecule has 9 heteroatoms. The van der Waals surface area contributed by atoms with Crippen LogP contribution in [0.3, 0.4) is 0 Å². The van der Waals surface area contributed by atoms with Crippen molar-refractivity contribution in [3.05, 3.63) is 35.9 Å². The molecule has 1 aromatic rings. The summed E-state index contributed by atoms with van der Waals surface area (Å²) < 4.78 is 0. The Kier molecular flexibility index (Phi) is 11.3. The molecule has 0 aliphatic rings. The molecular weight excluding hydrogens is 398 g/mol. The molecule has 7 N–H and O–H groups in total. The highest BCUT2D eigenvalue weighted by Gasteiger charge is 2.29. The van der Waals surface area contributed by atoms with Crippen LogP contribution in [0.4, 0.5) is 0 Å². The summed E-state index contributed by atoms with van der Waals surface area (Å²) >= 11 is 0. The lowest BCUT2D eigenvalue weighted by Gasteiger charge is -2.25. The van der Waals surface area contributed by atoms with E-state index in [0.717, 1.165) is 5.56 Å². The highest BCUT2D eigenvalue weighted by molar-refractivity contribution is 5.94. The molecule has 1 aromatic carbocycles. The van der Waals surface area contributed by atoms with E-state index >= 15 is 0 Å². The molecule has 0 saturated carbocycles. The van der Waals surface area contributed by atoms with Crippen LogP contribution < -0.4 is 27.4 Å². The lowest BCUT2D eigenvalue weighted by molar-refractivity contribution is -0.133. The van der Waals surface area contributed by atoms with E-state index in [1.54, 1.807) is 0 Å². The molecule has 0 saturated heterocycles. The smallest absolute Gasteiger partial charge is 0.243 e. The summed E-state index contributed by atoms with van der Waals surface area (Å²) in [6, 6.07) is 6.59. The predicted octanol–water partition coefficient (Wildman–Crippen LogP) is -0.0263. The van der Waals surface area contributed by atoms with Crippen molar-refractivity contribution in [2.75, 3.05) is 6.54 Å². The second-order valence-corrected chi connectivity index (χ2v) is 8.03. The Bertz CT molecular complexity index is 739. The van der Waals surface area contributed by atoms with Gasteiger partial charge in [0.25, 0.3) is 0 Å². The third-order valence-corrected chi connectivity index (χ3v) is 4.67. The summed E-state index contributed by atoms with van der Waals surface area (Å²) in [5.74, 6) is -1.85. The molecule has 3 atom stereocenters. The first kappa shape index (κ1) is 26.1. The molecule has 0 radical (unpaired) electrons. The largest absolute Gasteiger partial charge is 0.368 e. The summed E-state index contributed by atoms with van der Waals surface area (Å²) in [5.41, 5.74) is 11.8. The van der Waals surface area contributed by atoms with Crippen molar-refractivity contribution in [1.82, 2.24) is 16.0 Å². The van der Waals surface area contributed by atoms with Gasteiger partial charge in [-0.15, -0.1) is 0 Å². The van der Waals surface area contributed by atoms with Crippen LogP contribution in [0.2, 0.25) is 0 Å². The van der Waals surface area contributed by atoms with E-state index in [1.165, 1.54) is 6.92 Å². The average Bonchev–Trinajstić information content (AvgIpc) is 2.70.